The highest BCUT2D eigenvalue weighted by Gasteiger charge is 2.19. The van der Waals surface area contributed by atoms with Crippen LogP contribution in [0.4, 0.5) is 5.69 Å². The third-order valence-corrected chi connectivity index (χ3v) is 6.20. The zero-order valence-electron chi connectivity index (χ0n) is 16.0. The zero-order valence-corrected chi connectivity index (χ0v) is 17.6. The molecule has 0 unspecified atom stereocenters. The number of rotatable bonds is 7. The standard InChI is InChI=1S/C19H24N2O4S2/c1-13(14-6-9-16(26-4)10-7-14)20-19(22)17-12-15(8-11-18(17)25-3)21(2)27(5,23)24/h6-13H,1-5H3,(H,20,22)/t13-/m0/s1. The van der Waals surface area contributed by atoms with Crippen LogP contribution in [0.25, 0.3) is 0 Å². The fourth-order valence-corrected chi connectivity index (χ4v) is 3.42. The number of amides is 1. The Labute approximate surface area is 165 Å². The number of anilines is 1. The van der Waals surface area contributed by atoms with Gasteiger partial charge in [-0.3, -0.25) is 9.10 Å². The fraction of sp³-hybridized carbons (Fsp3) is 0.316. The second-order valence-corrected chi connectivity index (χ2v) is 8.98. The number of sulfonamides is 1. The predicted octanol–water partition coefficient (Wildman–Crippen LogP) is 3.30. The van der Waals surface area contributed by atoms with Crippen LogP contribution in [-0.4, -0.2) is 41.0 Å². The summed E-state index contributed by atoms with van der Waals surface area (Å²) < 4.78 is 29.9. The maximum absolute atomic E-state index is 12.8. The Bertz CT molecular complexity index is 912. The Hall–Kier alpha value is -2.19. The molecule has 2 aromatic rings. The van der Waals surface area contributed by atoms with Crippen molar-refractivity contribution in [3.05, 3.63) is 53.6 Å². The minimum absolute atomic E-state index is 0.214. The summed E-state index contributed by atoms with van der Waals surface area (Å²) in [6, 6.07) is 12.4. The van der Waals surface area contributed by atoms with E-state index in [9.17, 15) is 13.2 Å². The predicted molar refractivity (Wildman–Crippen MR) is 110 cm³/mol. The first kappa shape index (κ1) is 21.1. The van der Waals surface area contributed by atoms with Crippen LogP contribution in [0.3, 0.4) is 0 Å². The van der Waals surface area contributed by atoms with Crippen LogP contribution < -0.4 is 14.4 Å². The number of benzene rings is 2. The molecule has 27 heavy (non-hydrogen) atoms. The number of nitrogens with zero attached hydrogens (tertiary/aromatic N) is 1. The highest BCUT2D eigenvalue weighted by Crippen LogP contribution is 2.27. The van der Waals surface area contributed by atoms with Crippen molar-refractivity contribution in [2.24, 2.45) is 0 Å². The number of methoxy groups -OCH3 is 1. The summed E-state index contributed by atoms with van der Waals surface area (Å²) in [4.78, 5) is 13.9. The van der Waals surface area contributed by atoms with E-state index >= 15 is 0 Å². The molecule has 146 valence electrons. The molecule has 2 aromatic carbocycles. The molecule has 0 aliphatic carbocycles. The van der Waals surface area contributed by atoms with Crippen molar-refractivity contribution in [1.29, 1.82) is 0 Å². The third-order valence-electron chi connectivity index (χ3n) is 4.25. The number of carbonyl (C=O) groups is 1. The van der Waals surface area contributed by atoms with E-state index in [1.807, 2.05) is 37.4 Å². The number of carbonyl (C=O) groups excluding carboxylic acids is 1. The van der Waals surface area contributed by atoms with Gasteiger partial charge in [0.1, 0.15) is 5.75 Å². The largest absolute Gasteiger partial charge is 0.496 e. The van der Waals surface area contributed by atoms with Crippen molar-refractivity contribution < 1.29 is 17.9 Å². The van der Waals surface area contributed by atoms with Crippen LogP contribution in [0.5, 0.6) is 5.75 Å². The summed E-state index contributed by atoms with van der Waals surface area (Å²) in [6.45, 7) is 1.89. The molecule has 0 aromatic heterocycles. The van der Waals surface area contributed by atoms with E-state index < -0.39 is 10.0 Å². The molecule has 2 rings (SSSR count). The summed E-state index contributed by atoms with van der Waals surface area (Å²) in [5.74, 6) is 0.0418. The Morgan fingerprint density at radius 3 is 2.33 bits per heavy atom. The normalized spacial score (nSPS) is 12.3. The van der Waals surface area contributed by atoms with Gasteiger partial charge in [0, 0.05) is 11.9 Å². The Morgan fingerprint density at radius 2 is 1.81 bits per heavy atom. The van der Waals surface area contributed by atoms with Gasteiger partial charge < -0.3 is 10.1 Å². The van der Waals surface area contributed by atoms with Crippen LogP contribution >= 0.6 is 11.8 Å². The van der Waals surface area contributed by atoms with Gasteiger partial charge in [0.2, 0.25) is 10.0 Å². The van der Waals surface area contributed by atoms with E-state index in [1.54, 1.807) is 23.9 Å². The van der Waals surface area contributed by atoms with Crippen molar-refractivity contribution in [3.8, 4) is 5.75 Å². The lowest BCUT2D eigenvalue weighted by atomic mass is 10.1. The first-order chi connectivity index (χ1) is 12.7. The summed E-state index contributed by atoms with van der Waals surface area (Å²) >= 11 is 1.65. The monoisotopic (exact) mass is 408 g/mol. The molecular weight excluding hydrogens is 384 g/mol. The zero-order chi connectivity index (χ0) is 20.2. The van der Waals surface area contributed by atoms with E-state index in [4.69, 9.17) is 4.74 Å². The van der Waals surface area contributed by atoms with Crippen molar-refractivity contribution in [1.82, 2.24) is 5.32 Å². The fourth-order valence-electron chi connectivity index (χ4n) is 2.51. The topological polar surface area (TPSA) is 75.7 Å². The lowest BCUT2D eigenvalue weighted by Gasteiger charge is -2.20. The van der Waals surface area contributed by atoms with E-state index in [1.165, 1.54) is 20.2 Å². The molecule has 0 heterocycles. The first-order valence-electron chi connectivity index (χ1n) is 8.24. The minimum Gasteiger partial charge on any atom is -0.496 e. The quantitative estimate of drug-likeness (QED) is 0.712. The highest BCUT2D eigenvalue weighted by molar-refractivity contribution is 7.98. The summed E-state index contributed by atoms with van der Waals surface area (Å²) in [5.41, 5.74) is 1.64. The summed E-state index contributed by atoms with van der Waals surface area (Å²) in [7, 11) is -0.524. The van der Waals surface area contributed by atoms with Gasteiger partial charge in [0.25, 0.3) is 5.91 Å². The maximum atomic E-state index is 12.8. The molecule has 0 saturated heterocycles. The van der Waals surface area contributed by atoms with Crippen LogP contribution in [0.1, 0.15) is 28.9 Å². The van der Waals surface area contributed by atoms with Crippen molar-refractivity contribution in [2.75, 3.05) is 31.0 Å². The Kier molecular flexibility index (Phi) is 6.78. The van der Waals surface area contributed by atoms with Crippen LogP contribution in [-0.2, 0) is 10.0 Å². The van der Waals surface area contributed by atoms with Gasteiger partial charge in [-0.15, -0.1) is 11.8 Å². The van der Waals surface area contributed by atoms with Crippen molar-refractivity contribution in [3.63, 3.8) is 0 Å². The van der Waals surface area contributed by atoms with Crippen molar-refractivity contribution >= 4 is 33.4 Å². The smallest absolute Gasteiger partial charge is 0.255 e. The Morgan fingerprint density at radius 1 is 1.19 bits per heavy atom. The second-order valence-electron chi connectivity index (χ2n) is 6.08. The second kappa shape index (κ2) is 8.67. The van der Waals surface area contributed by atoms with Gasteiger partial charge in [0.05, 0.1) is 30.7 Å². The van der Waals surface area contributed by atoms with Crippen LogP contribution in [0, 0.1) is 0 Å². The average Bonchev–Trinajstić information content (AvgIpc) is 2.66. The number of thioether (sulfide) groups is 1. The van der Waals surface area contributed by atoms with E-state index in [0.717, 1.165) is 21.0 Å². The molecule has 1 atom stereocenters. The molecule has 1 amide bonds. The van der Waals surface area contributed by atoms with Gasteiger partial charge in [-0.1, -0.05) is 12.1 Å². The molecule has 0 fully saturated rings. The molecule has 0 aliphatic heterocycles. The molecule has 0 bridgehead atoms. The van der Waals surface area contributed by atoms with E-state index in [2.05, 4.69) is 5.32 Å². The third kappa shape index (κ3) is 5.17. The molecule has 0 aliphatic rings. The number of nitrogens with one attached hydrogen (secondary N) is 1. The number of ether oxygens (including phenoxy) is 1. The lowest BCUT2D eigenvalue weighted by Crippen LogP contribution is -2.28. The SMILES string of the molecule is COc1ccc(N(C)S(C)(=O)=O)cc1C(=O)N[C@@H](C)c1ccc(SC)cc1. The molecule has 0 spiro atoms. The van der Waals surface area contributed by atoms with E-state index in [0.29, 0.717) is 11.4 Å². The van der Waals surface area contributed by atoms with E-state index in [-0.39, 0.29) is 17.5 Å². The van der Waals surface area contributed by atoms with Crippen molar-refractivity contribution in [2.45, 2.75) is 17.9 Å². The Balaban J connectivity index is 2.27. The molecule has 1 N–H and O–H groups in total. The lowest BCUT2D eigenvalue weighted by molar-refractivity contribution is 0.0937. The molecular formula is C19H24N2O4S2. The van der Waals surface area contributed by atoms with Gasteiger partial charge >= 0.3 is 0 Å². The van der Waals surface area contributed by atoms with Gasteiger partial charge in [0.15, 0.2) is 0 Å². The molecule has 0 radical (unpaired) electrons. The van der Waals surface area contributed by atoms with Crippen LogP contribution in [0.15, 0.2) is 47.4 Å². The molecule has 6 nitrogen and oxygen atoms in total. The van der Waals surface area contributed by atoms with Gasteiger partial charge in [-0.05, 0) is 49.1 Å². The van der Waals surface area contributed by atoms with Gasteiger partial charge in [-0.2, -0.15) is 0 Å². The molecule has 8 heteroatoms. The van der Waals surface area contributed by atoms with Gasteiger partial charge in [-0.25, -0.2) is 8.42 Å². The summed E-state index contributed by atoms with van der Waals surface area (Å²) in [6.07, 6.45) is 3.12. The molecule has 0 saturated carbocycles. The maximum Gasteiger partial charge on any atom is 0.255 e. The minimum atomic E-state index is -3.43. The number of hydrogen-bond donors (Lipinski definition) is 1. The average molecular weight is 409 g/mol. The first-order valence-corrected chi connectivity index (χ1v) is 11.3. The van der Waals surface area contributed by atoms with Crippen LogP contribution in [0.2, 0.25) is 0 Å². The number of hydrogen-bond acceptors (Lipinski definition) is 5. The highest BCUT2D eigenvalue weighted by atomic mass is 32.2. The summed E-state index contributed by atoms with van der Waals surface area (Å²) in [5, 5.41) is 2.94.